The lowest BCUT2D eigenvalue weighted by Gasteiger charge is -2.27. The molecule has 0 radical (unpaired) electrons. The maximum Gasteiger partial charge on any atom is 0.0746 e. The predicted octanol–water partition coefficient (Wildman–Crippen LogP) is 2.48. The van der Waals surface area contributed by atoms with Gasteiger partial charge < -0.3 is 10.4 Å². The maximum absolute atomic E-state index is 9.90. The van der Waals surface area contributed by atoms with Gasteiger partial charge in [0, 0.05) is 24.2 Å². The summed E-state index contributed by atoms with van der Waals surface area (Å²) in [7, 11) is 0. The normalized spacial score (nSPS) is 13.8. The Morgan fingerprint density at radius 3 is 2.72 bits per heavy atom. The molecule has 1 unspecified atom stereocenters. The highest BCUT2D eigenvalue weighted by molar-refractivity contribution is 5.81. The molecule has 1 atom stereocenters. The first-order valence-electron chi connectivity index (χ1n) is 6.27. The fourth-order valence-electron chi connectivity index (χ4n) is 1.82. The third kappa shape index (κ3) is 2.86. The molecule has 0 fully saturated rings. The number of para-hydroxylation sites is 1. The number of nitrogens with zero attached hydrogens (tertiary/aromatic N) is 1. The average Bonchev–Trinajstić information content (AvgIpc) is 2.34. The third-order valence-corrected chi connectivity index (χ3v) is 3.37. The molecule has 0 amide bonds. The van der Waals surface area contributed by atoms with Gasteiger partial charge in [-0.2, -0.15) is 0 Å². The largest absolute Gasteiger partial charge is 0.389 e. The first-order chi connectivity index (χ1) is 8.48. The van der Waals surface area contributed by atoms with Crippen LogP contribution in [0.1, 0.15) is 26.3 Å². The second kappa shape index (κ2) is 5.04. The van der Waals surface area contributed by atoms with Crippen molar-refractivity contribution in [2.45, 2.75) is 39.0 Å². The van der Waals surface area contributed by atoms with Crippen molar-refractivity contribution in [3.8, 4) is 0 Å². The van der Waals surface area contributed by atoms with Gasteiger partial charge in [0.15, 0.2) is 0 Å². The van der Waals surface area contributed by atoms with Gasteiger partial charge in [-0.05, 0) is 32.4 Å². The fourth-order valence-corrected chi connectivity index (χ4v) is 1.82. The van der Waals surface area contributed by atoms with Gasteiger partial charge in [-0.15, -0.1) is 0 Å². The summed E-state index contributed by atoms with van der Waals surface area (Å²) in [6.07, 6.45) is 1.81. The molecule has 2 N–H and O–H groups in total. The zero-order valence-corrected chi connectivity index (χ0v) is 11.1. The number of aliphatic hydroxyl groups is 1. The Morgan fingerprint density at radius 1 is 1.28 bits per heavy atom. The van der Waals surface area contributed by atoms with E-state index in [1.807, 2.05) is 39.1 Å². The lowest BCUT2D eigenvalue weighted by Crippen LogP contribution is -2.44. The molecule has 3 nitrogen and oxygen atoms in total. The van der Waals surface area contributed by atoms with E-state index < -0.39 is 5.60 Å². The van der Waals surface area contributed by atoms with E-state index in [1.165, 1.54) is 0 Å². The van der Waals surface area contributed by atoms with Crippen LogP contribution in [-0.4, -0.2) is 21.7 Å². The van der Waals surface area contributed by atoms with Gasteiger partial charge in [0.2, 0.25) is 0 Å². The summed E-state index contributed by atoms with van der Waals surface area (Å²) in [5.74, 6) is 0. The number of rotatable bonds is 4. The molecular formula is C15H20N2O. The van der Waals surface area contributed by atoms with Crippen LogP contribution in [0.15, 0.2) is 36.5 Å². The number of pyridine rings is 1. The zero-order valence-electron chi connectivity index (χ0n) is 11.1. The quantitative estimate of drug-likeness (QED) is 0.868. The number of nitrogens with one attached hydrogen (secondary N) is 1. The summed E-state index contributed by atoms with van der Waals surface area (Å²) in [5, 5.41) is 14.4. The molecule has 0 saturated heterocycles. The zero-order chi connectivity index (χ0) is 13.2. The van der Waals surface area contributed by atoms with E-state index in [1.54, 1.807) is 0 Å². The molecule has 0 aliphatic carbocycles. The van der Waals surface area contributed by atoms with Crippen LogP contribution >= 0.6 is 0 Å². The Hall–Kier alpha value is -1.45. The average molecular weight is 244 g/mol. The highest BCUT2D eigenvalue weighted by Crippen LogP contribution is 2.16. The molecule has 1 aromatic carbocycles. The molecule has 0 aliphatic heterocycles. The molecule has 0 saturated carbocycles. The van der Waals surface area contributed by atoms with Crippen LogP contribution < -0.4 is 5.32 Å². The molecule has 2 aromatic rings. The predicted molar refractivity (Wildman–Crippen MR) is 74.3 cm³/mol. The van der Waals surface area contributed by atoms with Crippen LogP contribution in [0.3, 0.4) is 0 Å². The van der Waals surface area contributed by atoms with Gasteiger partial charge in [0.1, 0.15) is 0 Å². The van der Waals surface area contributed by atoms with E-state index in [2.05, 4.69) is 28.5 Å². The highest BCUT2D eigenvalue weighted by Gasteiger charge is 2.21. The number of hydrogen-bond donors (Lipinski definition) is 2. The minimum Gasteiger partial charge on any atom is -0.389 e. The fraction of sp³-hybridized carbons (Fsp3) is 0.400. The summed E-state index contributed by atoms with van der Waals surface area (Å²) in [6, 6.07) is 10.2. The third-order valence-electron chi connectivity index (χ3n) is 3.37. The van der Waals surface area contributed by atoms with Crippen LogP contribution in [0, 0.1) is 0 Å². The Kier molecular flexibility index (Phi) is 3.64. The second-order valence-electron chi connectivity index (χ2n) is 5.25. The van der Waals surface area contributed by atoms with Crippen molar-refractivity contribution in [3.05, 3.63) is 42.1 Å². The molecule has 0 spiro atoms. The van der Waals surface area contributed by atoms with Crippen LogP contribution in [0.4, 0.5) is 0 Å². The van der Waals surface area contributed by atoms with Gasteiger partial charge in [-0.3, -0.25) is 4.98 Å². The maximum atomic E-state index is 9.90. The SMILES string of the molecule is CC(NCc1cccc2cccnc12)C(C)(C)O. The van der Waals surface area contributed by atoms with Crippen LogP contribution in [0.2, 0.25) is 0 Å². The molecule has 1 aromatic heterocycles. The van der Waals surface area contributed by atoms with Crippen LogP contribution in [0.25, 0.3) is 10.9 Å². The monoisotopic (exact) mass is 244 g/mol. The van der Waals surface area contributed by atoms with Crippen molar-refractivity contribution in [1.82, 2.24) is 10.3 Å². The number of aromatic nitrogens is 1. The number of hydrogen-bond acceptors (Lipinski definition) is 3. The second-order valence-corrected chi connectivity index (χ2v) is 5.25. The molecule has 2 rings (SSSR count). The van der Waals surface area contributed by atoms with Crippen LogP contribution in [-0.2, 0) is 6.54 Å². The standard InChI is InChI=1S/C15H20N2O/c1-11(15(2,3)18)17-10-13-7-4-6-12-8-5-9-16-14(12)13/h4-9,11,17-18H,10H2,1-3H3. The Bertz CT molecular complexity index is 526. The summed E-state index contributed by atoms with van der Waals surface area (Å²) in [6.45, 7) is 6.32. The van der Waals surface area contributed by atoms with E-state index in [4.69, 9.17) is 0 Å². The Balaban J connectivity index is 2.18. The van der Waals surface area contributed by atoms with Crippen molar-refractivity contribution in [2.24, 2.45) is 0 Å². The summed E-state index contributed by atoms with van der Waals surface area (Å²) < 4.78 is 0. The van der Waals surface area contributed by atoms with Crippen molar-refractivity contribution < 1.29 is 5.11 Å². The molecular weight excluding hydrogens is 224 g/mol. The first kappa shape index (κ1) is 13.0. The smallest absolute Gasteiger partial charge is 0.0746 e. The van der Waals surface area contributed by atoms with E-state index in [9.17, 15) is 5.11 Å². The van der Waals surface area contributed by atoms with Crippen molar-refractivity contribution in [3.63, 3.8) is 0 Å². The van der Waals surface area contributed by atoms with E-state index >= 15 is 0 Å². The van der Waals surface area contributed by atoms with Crippen molar-refractivity contribution in [2.75, 3.05) is 0 Å². The van der Waals surface area contributed by atoms with Gasteiger partial charge in [-0.25, -0.2) is 0 Å². The first-order valence-corrected chi connectivity index (χ1v) is 6.27. The molecule has 3 heteroatoms. The minimum absolute atomic E-state index is 0.0245. The minimum atomic E-state index is -0.724. The van der Waals surface area contributed by atoms with Gasteiger partial charge in [-0.1, -0.05) is 24.3 Å². The van der Waals surface area contributed by atoms with Gasteiger partial charge >= 0.3 is 0 Å². The number of benzene rings is 1. The van der Waals surface area contributed by atoms with Crippen molar-refractivity contribution in [1.29, 1.82) is 0 Å². The van der Waals surface area contributed by atoms with Gasteiger partial charge in [0.05, 0.1) is 11.1 Å². The molecule has 96 valence electrons. The Morgan fingerprint density at radius 2 is 2.00 bits per heavy atom. The van der Waals surface area contributed by atoms with Crippen molar-refractivity contribution >= 4 is 10.9 Å². The number of fused-ring (bicyclic) bond motifs is 1. The molecule has 0 bridgehead atoms. The lowest BCUT2D eigenvalue weighted by atomic mass is 10.0. The molecule has 1 heterocycles. The molecule has 18 heavy (non-hydrogen) atoms. The summed E-state index contributed by atoms with van der Waals surface area (Å²) in [4.78, 5) is 4.42. The highest BCUT2D eigenvalue weighted by atomic mass is 16.3. The van der Waals surface area contributed by atoms with E-state index in [0.29, 0.717) is 6.54 Å². The topological polar surface area (TPSA) is 45.2 Å². The van der Waals surface area contributed by atoms with E-state index in [0.717, 1.165) is 16.5 Å². The van der Waals surface area contributed by atoms with Crippen LogP contribution in [0.5, 0.6) is 0 Å². The lowest BCUT2D eigenvalue weighted by molar-refractivity contribution is 0.0437. The molecule has 0 aliphatic rings. The Labute approximate surface area is 108 Å². The summed E-state index contributed by atoms with van der Waals surface area (Å²) in [5.41, 5.74) is 1.46. The van der Waals surface area contributed by atoms with E-state index in [-0.39, 0.29) is 6.04 Å². The van der Waals surface area contributed by atoms with Gasteiger partial charge in [0.25, 0.3) is 0 Å². The summed E-state index contributed by atoms with van der Waals surface area (Å²) >= 11 is 0.